The number of rotatable bonds is 5. The van der Waals surface area contributed by atoms with E-state index in [9.17, 15) is 4.79 Å². The van der Waals surface area contributed by atoms with Crippen LogP contribution in [0.5, 0.6) is 0 Å². The van der Waals surface area contributed by atoms with Crippen LogP contribution in [-0.4, -0.2) is 47.6 Å². The number of hydrogen-bond acceptors (Lipinski definition) is 5. The second-order valence-corrected chi connectivity index (χ2v) is 8.47. The summed E-state index contributed by atoms with van der Waals surface area (Å²) in [5.41, 5.74) is 1.22. The van der Waals surface area contributed by atoms with Gasteiger partial charge in [0.15, 0.2) is 5.13 Å². The van der Waals surface area contributed by atoms with Gasteiger partial charge in [-0.3, -0.25) is 9.69 Å². The summed E-state index contributed by atoms with van der Waals surface area (Å²) in [7, 11) is 0. The summed E-state index contributed by atoms with van der Waals surface area (Å²) in [6, 6.07) is 8.23. The maximum Gasteiger partial charge on any atom is 0.240 e. The average Bonchev–Trinajstić information content (AvgIpc) is 2.95. The average molecular weight is 424 g/mol. The number of anilines is 1. The van der Waals surface area contributed by atoms with E-state index in [1.807, 2.05) is 32.2 Å². The van der Waals surface area contributed by atoms with Crippen molar-refractivity contribution in [3.05, 3.63) is 45.4 Å². The number of halogens is 1. The topological polar surface area (TPSA) is 54.5 Å². The van der Waals surface area contributed by atoms with Crippen molar-refractivity contribution in [1.82, 2.24) is 9.88 Å². The zero-order valence-electron chi connectivity index (χ0n) is 14.4. The van der Waals surface area contributed by atoms with E-state index in [0.717, 1.165) is 28.9 Å². The number of nitrogens with zero attached hydrogens (tertiary/aromatic N) is 2. The normalized spacial score (nSPS) is 21.2. The molecule has 1 aliphatic heterocycles. The number of morpholine rings is 1. The maximum absolute atomic E-state index is 12.3. The molecule has 134 valence electrons. The fourth-order valence-corrected chi connectivity index (χ4v) is 4.15. The van der Waals surface area contributed by atoms with Gasteiger partial charge in [-0.1, -0.05) is 28.1 Å². The first-order valence-corrected chi connectivity index (χ1v) is 9.95. The highest BCUT2D eigenvalue weighted by Crippen LogP contribution is 2.22. The lowest BCUT2D eigenvalue weighted by molar-refractivity contribution is -0.121. The van der Waals surface area contributed by atoms with Crippen LogP contribution < -0.4 is 5.32 Å². The van der Waals surface area contributed by atoms with Crippen LogP contribution in [0.3, 0.4) is 0 Å². The third-order valence-corrected chi connectivity index (χ3v) is 5.40. The molecule has 0 saturated carbocycles. The lowest BCUT2D eigenvalue weighted by atomic mass is 10.1. The second-order valence-electron chi connectivity index (χ2n) is 6.43. The van der Waals surface area contributed by atoms with Crippen molar-refractivity contribution in [2.24, 2.45) is 0 Å². The molecule has 0 spiro atoms. The molecule has 0 aliphatic carbocycles. The molecule has 2 aromatic rings. The first-order valence-electron chi connectivity index (χ1n) is 8.35. The summed E-state index contributed by atoms with van der Waals surface area (Å²) < 4.78 is 6.77. The Morgan fingerprint density at radius 1 is 1.32 bits per heavy atom. The van der Waals surface area contributed by atoms with E-state index in [-0.39, 0.29) is 18.1 Å². The fraction of sp³-hybridized carbons (Fsp3) is 0.444. The van der Waals surface area contributed by atoms with E-state index in [1.165, 1.54) is 16.9 Å². The Balaban J connectivity index is 1.52. The van der Waals surface area contributed by atoms with E-state index in [1.54, 1.807) is 0 Å². The highest BCUT2D eigenvalue weighted by Gasteiger charge is 2.23. The minimum Gasteiger partial charge on any atom is -0.373 e. The van der Waals surface area contributed by atoms with Crippen LogP contribution >= 0.6 is 27.3 Å². The minimum atomic E-state index is -0.0224. The Morgan fingerprint density at radius 2 is 2.00 bits per heavy atom. The highest BCUT2D eigenvalue weighted by atomic mass is 79.9. The van der Waals surface area contributed by atoms with Gasteiger partial charge in [0.2, 0.25) is 5.91 Å². The predicted octanol–water partition coefficient (Wildman–Crippen LogP) is 3.54. The van der Waals surface area contributed by atoms with Gasteiger partial charge in [-0.2, -0.15) is 0 Å². The molecule has 1 aromatic carbocycles. The van der Waals surface area contributed by atoms with Gasteiger partial charge in [-0.15, -0.1) is 11.3 Å². The zero-order valence-corrected chi connectivity index (χ0v) is 16.8. The summed E-state index contributed by atoms with van der Waals surface area (Å²) in [5.74, 6) is -0.0224. The van der Waals surface area contributed by atoms with Gasteiger partial charge in [0.25, 0.3) is 0 Å². The van der Waals surface area contributed by atoms with Crippen LogP contribution in [0.25, 0.3) is 0 Å². The summed E-state index contributed by atoms with van der Waals surface area (Å²) in [4.78, 5) is 19.9. The second kappa shape index (κ2) is 8.40. The number of nitrogens with one attached hydrogen (secondary N) is 1. The van der Waals surface area contributed by atoms with Crippen LogP contribution in [0.4, 0.5) is 5.13 Å². The third-order valence-electron chi connectivity index (χ3n) is 3.95. The van der Waals surface area contributed by atoms with E-state index < -0.39 is 0 Å². The van der Waals surface area contributed by atoms with Crippen molar-refractivity contribution < 1.29 is 9.53 Å². The molecule has 25 heavy (non-hydrogen) atoms. The molecular formula is C18H22BrN3O2S. The molecule has 2 heterocycles. The highest BCUT2D eigenvalue weighted by molar-refractivity contribution is 9.10. The number of hydrogen-bond donors (Lipinski definition) is 1. The van der Waals surface area contributed by atoms with Crippen molar-refractivity contribution in [2.45, 2.75) is 32.5 Å². The van der Waals surface area contributed by atoms with Crippen molar-refractivity contribution in [1.29, 1.82) is 0 Å². The van der Waals surface area contributed by atoms with Gasteiger partial charge in [-0.25, -0.2) is 4.98 Å². The summed E-state index contributed by atoms with van der Waals surface area (Å²) in [6.07, 6.45) is 2.98. The number of benzene rings is 1. The molecule has 3 rings (SSSR count). The molecule has 1 aliphatic rings. The van der Waals surface area contributed by atoms with Gasteiger partial charge in [0, 0.05) is 35.1 Å². The molecule has 1 fully saturated rings. The lowest BCUT2D eigenvalue weighted by Crippen LogP contribution is -2.48. The van der Waals surface area contributed by atoms with Gasteiger partial charge in [0.05, 0.1) is 18.8 Å². The standard InChI is InChI=1S/C18H22BrN3O2S/c1-12-9-22(10-13(2)24-12)11-17(23)21-18-20-8-16(25-18)7-14-3-5-15(19)6-4-14/h3-6,8,12-13H,7,9-11H2,1-2H3,(H,20,21,23)/t12-,13-/m0/s1. The summed E-state index contributed by atoms with van der Waals surface area (Å²) in [6.45, 7) is 6.01. The Labute approximate surface area is 160 Å². The molecule has 5 nitrogen and oxygen atoms in total. The van der Waals surface area contributed by atoms with Gasteiger partial charge < -0.3 is 10.1 Å². The number of carbonyl (C=O) groups excluding carboxylic acids is 1. The number of aromatic nitrogens is 1. The summed E-state index contributed by atoms with van der Waals surface area (Å²) >= 11 is 4.97. The quantitative estimate of drug-likeness (QED) is 0.798. The zero-order chi connectivity index (χ0) is 17.8. The van der Waals surface area contributed by atoms with Crippen LogP contribution in [0.1, 0.15) is 24.3 Å². The number of thiazole rings is 1. The van der Waals surface area contributed by atoms with Crippen LogP contribution in [0, 0.1) is 0 Å². The SMILES string of the molecule is C[C@H]1CN(CC(=O)Nc2ncc(Cc3ccc(Br)cc3)s2)C[C@H](C)O1. The van der Waals surface area contributed by atoms with E-state index >= 15 is 0 Å². The molecule has 1 aromatic heterocycles. The molecule has 7 heteroatoms. The maximum atomic E-state index is 12.3. The monoisotopic (exact) mass is 423 g/mol. The third kappa shape index (κ3) is 5.60. The smallest absolute Gasteiger partial charge is 0.240 e. The Morgan fingerprint density at radius 3 is 2.68 bits per heavy atom. The molecule has 0 bridgehead atoms. The summed E-state index contributed by atoms with van der Waals surface area (Å²) in [5, 5.41) is 3.57. The Bertz CT molecular complexity index is 709. The van der Waals surface area contributed by atoms with Gasteiger partial charge >= 0.3 is 0 Å². The van der Waals surface area contributed by atoms with Crippen molar-refractivity contribution >= 4 is 38.3 Å². The largest absolute Gasteiger partial charge is 0.373 e. The fourth-order valence-electron chi connectivity index (χ4n) is 3.03. The molecule has 1 N–H and O–H groups in total. The number of ether oxygens (including phenoxy) is 1. The minimum absolute atomic E-state index is 0.0224. The van der Waals surface area contributed by atoms with Crippen LogP contribution in [0.15, 0.2) is 34.9 Å². The first-order chi connectivity index (χ1) is 12.0. The predicted molar refractivity (Wildman–Crippen MR) is 104 cm³/mol. The molecule has 0 unspecified atom stereocenters. The first kappa shape index (κ1) is 18.5. The van der Waals surface area contributed by atoms with E-state index in [0.29, 0.717) is 11.7 Å². The van der Waals surface area contributed by atoms with Crippen LogP contribution in [0.2, 0.25) is 0 Å². The molecule has 1 saturated heterocycles. The van der Waals surface area contributed by atoms with Gasteiger partial charge in [0.1, 0.15) is 0 Å². The van der Waals surface area contributed by atoms with Crippen molar-refractivity contribution in [2.75, 3.05) is 25.0 Å². The Hall–Kier alpha value is -1.28. The molecular weight excluding hydrogens is 402 g/mol. The van der Waals surface area contributed by atoms with Gasteiger partial charge in [-0.05, 0) is 31.5 Å². The van der Waals surface area contributed by atoms with E-state index in [4.69, 9.17) is 4.74 Å². The molecule has 0 radical (unpaired) electrons. The number of amides is 1. The van der Waals surface area contributed by atoms with Crippen molar-refractivity contribution in [3.63, 3.8) is 0 Å². The molecule has 1 amide bonds. The van der Waals surface area contributed by atoms with E-state index in [2.05, 4.69) is 43.3 Å². The Kier molecular flexibility index (Phi) is 6.22. The molecule has 2 atom stereocenters. The van der Waals surface area contributed by atoms with Crippen molar-refractivity contribution in [3.8, 4) is 0 Å². The lowest BCUT2D eigenvalue weighted by Gasteiger charge is -2.34. The number of carbonyl (C=O) groups is 1. The van der Waals surface area contributed by atoms with Crippen LogP contribution in [-0.2, 0) is 16.0 Å².